The summed E-state index contributed by atoms with van der Waals surface area (Å²) in [6, 6.07) is 24.1. The number of ether oxygens (including phenoxy) is 1. The first kappa shape index (κ1) is 22.1. The molecule has 0 saturated carbocycles. The monoisotopic (exact) mass is 487 g/mol. The molecular formula is C28H26BrNO2. The molecule has 0 N–H and O–H groups in total. The molecule has 0 spiro atoms. The van der Waals surface area contributed by atoms with Crippen LogP contribution in [0.25, 0.3) is 11.8 Å². The molecule has 0 fully saturated rings. The molecule has 0 atom stereocenters. The van der Waals surface area contributed by atoms with Gasteiger partial charge in [0.25, 0.3) is 5.91 Å². The molecule has 1 aliphatic rings. The summed E-state index contributed by atoms with van der Waals surface area (Å²) < 4.78 is 6.17. The van der Waals surface area contributed by atoms with E-state index in [0.717, 1.165) is 32.7 Å². The lowest BCUT2D eigenvalue weighted by molar-refractivity contribution is -0.113. The molecule has 4 rings (SSSR count). The highest BCUT2D eigenvalue weighted by molar-refractivity contribution is 9.10. The van der Waals surface area contributed by atoms with Gasteiger partial charge in [-0.25, -0.2) is 0 Å². The molecule has 3 aromatic rings. The van der Waals surface area contributed by atoms with Crippen molar-refractivity contribution < 1.29 is 9.53 Å². The van der Waals surface area contributed by atoms with Crippen molar-refractivity contribution in [2.75, 3.05) is 12.0 Å². The number of nitrogens with zero attached hydrogens (tertiary/aromatic N) is 1. The Hall–Kier alpha value is -3.11. The summed E-state index contributed by atoms with van der Waals surface area (Å²) in [5.74, 6) is 0.713. The maximum Gasteiger partial charge on any atom is 0.262 e. The fraction of sp³-hybridized carbons (Fsp3) is 0.179. The Kier molecular flexibility index (Phi) is 6.07. The third kappa shape index (κ3) is 4.42. The lowest BCUT2D eigenvalue weighted by Gasteiger charge is -2.23. The Bertz CT molecular complexity index is 1200. The van der Waals surface area contributed by atoms with Crippen molar-refractivity contribution in [3.05, 3.63) is 106 Å². The fourth-order valence-corrected chi connectivity index (χ4v) is 4.31. The quantitative estimate of drug-likeness (QED) is 0.363. The minimum Gasteiger partial charge on any atom is -0.496 e. The molecule has 3 aromatic carbocycles. The van der Waals surface area contributed by atoms with Gasteiger partial charge in [0.05, 0.1) is 17.3 Å². The standard InChI is InChI=1S/C28H26BrNO2/c1-28(2,3)22-11-13-23(14-12-22)30-25(20-8-6-5-7-9-20)18-21(27(30)31)16-19-10-15-26(32-4)24(29)17-19/h5-18H,1-4H3/b21-16-. The van der Waals surface area contributed by atoms with Crippen LogP contribution in [0.4, 0.5) is 5.69 Å². The summed E-state index contributed by atoms with van der Waals surface area (Å²) in [7, 11) is 1.64. The number of benzene rings is 3. The number of carbonyl (C=O) groups excluding carboxylic acids is 1. The van der Waals surface area contributed by atoms with E-state index in [1.807, 2.05) is 72.8 Å². The number of hydrogen-bond acceptors (Lipinski definition) is 2. The third-order valence-electron chi connectivity index (χ3n) is 5.54. The van der Waals surface area contributed by atoms with E-state index in [1.54, 1.807) is 12.0 Å². The summed E-state index contributed by atoms with van der Waals surface area (Å²) in [5.41, 5.74) is 5.58. The molecule has 0 radical (unpaired) electrons. The molecule has 0 unspecified atom stereocenters. The van der Waals surface area contributed by atoms with Gasteiger partial charge >= 0.3 is 0 Å². The van der Waals surface area contributed by atoms with Gasteiger partial charge in [-0.3, -0.25) is 9.69 Å². The fourth-order valence-electron chi connectivity index (χ4n) is 3.76. The van der Waals surface area contributed by atoms with Crippen molar-refractivity contribution in [1.82, 2.24) is 0 Å². The Morgan fingerprint density at radius 2 is 1.62 bits per heavy atom. The number of amides is 1. The Morgan fingerprint density at radius 3 is 2.22 bits per heavy atom. The SMILES string of the molecule is COc1ccc(/C=C2/C=C(c3ccccc3)N(c3ccc(C(C)(C)C)cc3)C2=O)cc1Br. The van der Waals surface area contributed by atoms with Gasteiger partial charge in [0.15, 0.2) is 0 Å². The maximum atomic E-state index is 13.6. The van der Waals surface area contributed by atoms with Gasteiger partial charge < -0.3 is 4.74 Å². The highest BCUT2D eigenvalue weighted by Crippen LogP contribution is 2.36. The first-order valence-electron chi connectivity index (χ1n) is 10.6. The van der Waals surface area contributed by atoms with Crippen LogP contribution < -0.4 is 9.64 Å². The largest absolute Gasteiger partial charge is 0.496 e. The number of anilines is 1. The minimum absolute atomic E-state index is 0.0423. The van der Waals surface area contributed by atoms with Crippen molar-refractivity contribution in [2.45, 2.75) is 26.2 Å². The zero-order valence-corrected chi connectivity index (χ0v) is 20.3. The van der Waals surface area contributed by atoms with Gasteiger partial charge in [0.2, 0.25) is 0 Å². The number of hydrogen-bond donors (Lipinski definition) is 0. The molecule has 4 heteroatoms. The van der Waals surface area contributed by atoms with Crippen LogP contribution in [0.2, 0.25) is 0 Å². The summed E-state index contributed by atoms with van der Waals surface area (Å²) >= 11 is 3.53. The molecule has 162 valence electrons. The average molecular weight is 488 g/mol. The zero-order valence-electron chi connectivity index (χ0n) is 18.7. The van der Waals surface area contributed by atoms with Crippen LogP contribution >= 0.6 is 15.9 Å². The van der Waals surface area contributed by atoms with Crippen LogP contribution in [-0.4, -0.2) is 13.0 Å². The summed E-state index contributed by atoms with van der Waals surface area (Å²) in [5, 5.41) is 0. The van der Waals surface area contributed by atoms with E-state index < -0.39 is 0 Å². The van der Waals surface area contributed by atoms with Crippen LogP contribution in [0, 0.1) is 0 Å². The Labute approximate surface area is 198 Å². The van der Waals surface area contributed by atoms with Crippen LogP contribution in [0.5, 0.6) is 5.75 Å². The topological polar surface area (TPSA) is 29.5 Å². The third-order valence-corrected chi connectivity index (χ3v) is 6.16. The van der Waals surface area contributed by atoms with Crippen LogP contribution in [0.3, 0.4) is 0 Å². The lowest BCUT2D eigenvalue weighted by atomic mass is 9.87. The predicted molar refractivity (Wildman–Crippen MR) is 136 cm³/mol. The summed E-state index contributed by atoms with van der Waals surface area (Å²) in [6.45, 7) is 6.56. The predicted octanol–water partition coefficient (Wildman–Crippen LogP) is 7.23. The Balaban J connectivity index is 1.77. The first-order valence-corrected chi connectivity index (χ1v) is 11.3. The van der Waals surface area contributed by atoms with E-state index in [-0.39, 0.29) is 11.3 Å². The maximum absolute atomic E-state index is 13.6. The minimum atomic E-state index is -0.0423. The van der Waals surface area contributed by atoms with Crippen molar-refractivity contribution in [3.8, 4) is 5.75 Å². The number of carbonyl (C=O) groups is 1. The van der Waals surface area contributed by atoms with Crippen molar-refractivity contribution >= 4 is 39.3 Å². The van der Waals surface area contributed by atoms with Gasteiger partial charge in [-0.2, -0.15) is 0 Å². The molecule has 0 aliphatic carbocycles. The smallest absolute Gasteiger partial charge is 0.262 e. The van der Waals surface area contributed by atoms with Crippen LogP contribution in [0.1, 0.15) is 37.5 Å². The number of rotatable bonds is 4. The van der Waals surface area contributed by atoms with Crippen LogP contribution in [-0.2, 0) is 10.2 Å². The van der Waals surface area contributed by atoms with Crippen LogP contribution in [0.15, 0.2) is 88.9 Å². The van der Waals surface area contributed by atoms with Crippen molar-refractivity contribution in [3.63, 3.8) is 0 Å². The highest BCUT2D eigenvalue weighted by Gasteiger charge is 2.30. The van der Waals surface area contributed by atoms with Gasteiger partial charge in [-0.05, 0) is 74.5 Å². The van der Waals surface area contributed by atoms with Gasteiger partial charge in [0.1, 0.15) is 5.75 Å². The van der Waals surface area contributed by atoms with E-state index in [4.69, 9.17) is 4.74 Å². The van der Waals surface area contributed by atoms with Crippen molar-refractivity contribution in [2.24, 2.45) is 0 Å². The van der Waals surface area contributed by atoms with Gasteiger partial charge in [-0.1, -0.05) is 69.3 Å². The van der Waals surface area contributed by atoms with Gasteiger partial charge in [0, 0.05) is 11.3 Å². The number of halogens is 1. The average Bonchev–Trinajstić information content (AvgIpc) is 3.10. The molecule has 3 nitrogen and oxygen atoms in total. The zero-order chi connectivity index (χ0) is 22.9. The molecule has 1 amide bonds. The number of methoxy groups -OCH3 is 1. The molecule has 0 aromatic heterocycles. The molecule has 1 heterocycles. The molecular weight excluding hydrogens is 462 g/mol. The molecule has 0 saturated heterocycles. The van der Waals surface area contributed by atoms with Gasteiger partial charge in [-0.15, -0.1) is 0 Å². The van der Waals surface area contributed by atoms with E-state index >= 15 is 0 Å². The molecule has 32 heavy (non-hydrogen) atoms. The second-order valence-electron chi connectivity index (χ2n) is 8.83. The highest BCUT2D eigenvalue weighted by atomic mass is 79.9. The van der Waals surface area contributed by atoms with E-state index in [2.05, 4.69) is 48.8 Å². The Morgan fingerprint density at radius 1 is 0.938 bits per heavy atom. The van der Waals surface area contributed by atoms with Crippen molar-refractivity contribution in [1.29, 1.82) is 0 Å². The molecule has 1 aliphatic heterocycles. The second kappa shape index (κ2) is 8.79. The van der Waals surface area contributed by atoms with E-state index in [9.17, 15) is 4.79 Å². The normalized spacial score (nSPS) is 15.3. The summed E-state index contributed by atoms with van der Waals surface area (Å²) in [4.78, 5) is 15.4. The summed E-state index contributed by atoms with van der Waals surface area (Å²) in [6.07, 6.45) is 3.88. The molecule has 0 bridgehead atoms. The van der Waals surface area contributed by atoms with E-state index in [1.165, 1.54) is 5.56 Å². The first-order chi connectivity index (χ1) is 15.3. The van der Waals surface area contributed by atoms with E-state index in [0.29, 0.717) is 5.57 Å². The second-order valence-corrected chi connectivity index (χ2v) is 9.68. The lowest BCUT2D eigenvalue weighted by Crippen LogP contribution is -2.25.